The van der Waals surface area contributed by atoms with Crippen molar-refractivity contribution in [2.75, 3.05) is 6.54 Å². The zero-order valence-corrected chi connectivity index (χ0v) is 15.5. The van der Waals surface area contributed by atoms with Crippen molar-refractivity contribution in [2.24, 2.45) is 0 Å². The molecule has 0 heterocycles. The first-order valence-electron chi connectivity index (χ1n) is 9.17. The zero-order chi connectivity index (χ0) is 17.9. The normalized spacial score (nSPS) is 13.2. The van der Waals surface area contributed by atoms with Crippen LogP contribution in [0.15, 0.2) is 30.3 Å². The van der Waals surface area contributed by atoms with Gasteiger partial charge < -0.3 is 10.2 Å². The van der Waals surface area contributed by atoms with Crippen molar-refractivity contribution in [3.05, 3.63) is 35.9 Å². The molecule has 4 nitrogen and oxygen atoms in total. The smallest absolute Gasteiger partial charge is 0.243 e. The maximum atomic E-state index is 12.6. The lowest BCUT2D eigenvalue weighted by Crippen LogP contribution is -2.51. The highest BCUT2D eigenvalue weighted by Gasteiger charge is 2.28. The number of carbonyl (C=O) groups excluding carboxylic acids is 2. The Morgan fingerprint density at radius 1 is 1.08 bits per heavy atom. The van der Waals surface area contributed by atoms with Crippen molar-refractivity contribution in [1.82, 2.24) is 10.2 Å². The molecule has 0 aliphatic heterocycles. The van der Waals surface area contributed by atoms with Crippen LogP contribution in [-0.4, -0.2) is 35.3 Å². The molecule has 0 aliphatic rings. The zero-order valence-electron chi connectivity index (χ0n) is 15.5. The Bertz CT molecular complexity index is 502. The van der Waals surface area contributed by atoms with Crippen molar-refractivity contribution >= 4 is 11.8 Å². The molecule has 1 N–H and O–H groups in total. The summed E-state index contributed by atoms with van der Waals surface area (Å²) < 4.78 is 0. The van der Waals surface area contributed by atoms with Gasteiger partial charge in [-0.25, -0.2) is 0 Å². The molecular formula is C20H32N2O2. The second kappa shape index (κ2) is 10.8. The summed E-state index contributed by atoms with van der Waals surface area (Å²) in [6, 6.07) is 9.84. The Labute approximate surface area is 146 Å². The van der Waals surface area contributed by atoms with Crippen molar-refractivity contribution < 1.29 is 9.59 Å². The molecule has 0 spiro atoms. The van der Waals surface area contributed by atoms with Gasteiger partial charge in [-0.1, -0.05) is 51.1 Å². The molecular weight excluding hydrogens is 300 g/mol. The molecule has 24 heavy (non-hydrogen) atoms. The van der Waals surface area contributed by atoms with Gasteiger partial charge in [-0.15, -0.1) is 0 Å². The van der Waals surface area contributed by atoms with Gasteiger partial charge in [0.2, 0.25) is 11.8 Å². The van der Waals surface area contributed by atoms with E-state index in [2.05, 4.69) is 17.4 Å². The molecule has 0 unspecified atom stereocenters. The highest BCUT2D eigenvalue weighted by atomic mass is 16.2. The fourth-order valence-electron chi connectivity index (χ4n) is 2.69. The molecule has 2 atom stereocenters. The highest BCUT2D eigenvalue weighted by molar-refractivity contribution is 5.87. The predicted molar refractivity (Wildman–Crippen MR) is 98.7 cm³/mol. The van der Waals surface area contributed by atoms with E-state index >= 15 is 0 Å². The van der Waals surface area contributed by atoms with Crippen LogP contribution < -0.4 is 5.32 Å². The fourth-order valence-corrected chi connectivity index (χ4v) is 2.69. The van der Waals surface area contributed by atoms with Crippen LogP contribution in [0.25, 0.3) is 0 Å². The van der Waals surface area contributed by atoms with E-state index in [9.17, 15) is 9.59 Å². The van der Waals surface area contributed by atoms with Crippen molar-refractivity contribution in [2.45, 2.75) is 71.9 Å². The van der Waals surface area contributed by atoms with Gasteiger partial charge in [-0.05, 0) is 38.2 Å². The minimum absolute atomic E-state index is 0.0376. The van der Waals surface area contributed by atoms with Crippen LogP contribution >= 0.6 is 0 Å². The average Bonchev–Trinajstić information content (AvgIpc) is 2.59. The number of hydrogen-bond acceptors (Lipinski definition) is 2. The van der Waals surface area contributed by atoms with Gasteiger partial charge in [0, 0.05) is 19.0 Å². The Hall–Kier alpha value is -1.84. The molecule has 0 aliphatic carbocycles. The molecule has 2 amide bonds. The van der Waals surface area contributed by atoms with Gasteiger partial charge in [0.25, 0.3) is 0 Å². The number of rotatable bonds is 10. The second-order valence-electron chi connectivity index (χ2n) is 6.31. The number of carbonyl (C=O) groups is 2. The van der Waals surface area contributed by atoms with Crippen LogP contribution in [-0.2, 0) is 16.0 Å². The van der Waals surface area contributed by atoms with Gasteiger partial charge in [0.05, 0.1) is 0 Å². The van der Waals surface area contributed by atoms with Crippen molar-refractivity contribution in [1.29, 1.82) is 0 Å². The van der Waals surface area contributed by atoms with Gasteiger partial charge in [0.1, 0.15) is 6.04 Å². The van der Waals surface area contributed by atoms with Crippen LogP contribution in [0.1, 0.15) is 58.9 Å². The molecule has 0 saturated carbocycles. The molecule has 1 aromatic carbocycles. The van der Waals surface area contributed by atoms with E-state index in [1.165, 1.54) is 5.56 Å². The van der Waals surface area contributed by atoms with Gasteiger partial charge in [-0.2, -0.15) is 0 Å². The summed E-state index contributed by atoms with van der Waals surface area (Å²) >= 11 is 0. The molecule has 1 aromatic rings. The SMILES string of the molecule is CCCC(=O)N(CCc1ccccc1)[C@@H](CC)C(=O)N[C@@H](C)CC. The summed E-state index contributed by atoms with van der Waals surface area (Å²) in [6.07, 6.45) is 3.57. The molecule has 134 valence electrons. The Kier molecular flexibility index (Phi) is 9.13. The summed E-state index contributed by atoms with van der Waals surface area (Å²) in [7, 11) is 0. The van der Waals surface area contributed by atoms with Crippen molar-refractivity contribution in [3.63, 3.8) is 0 Å². The second-order valence-corrected chi connectivity index (χ2v) is 6.31. The number of nitrogens with zero attached hydrogens (tertiary/aromatic N) is 1. The summed E-state index contributed by atoms with van der Waals surface area (Å²) in [5.41, 5.74) is 1.18. The van der Waals surface area contributed by atoms with E-state index in [4.69, 9.17) is 0 Å². The van der Waals surface area contributed by atoms with E-state index in [0.29, 0.717) is 19.4 Å². The average molecular weight is 332 g/mol. The quantitative estimate of drug-likeness (QED) is 0.712. The lowest BCUT2D eigenvalue weighted by atomic mass is 10.1. The van der Waals surface area contributed by atoms with Crippen LogP contribution in [0.5, 0.6) is 0 Å². The Morgan fingerprint density at radius 2 is 1.75 bits per heavy atom. The standard InChI is InChI=1S/C20H32N2O2/c1-5-11-19(23)22(15-14-17-12-9-8-10-13-17)18(7-3)20(24)21-16(4)6-2/h8-10,12-13,16,18H,5-7,11,14-15H2,1-4H3,(H,21,24)/t16-,18-/m0/s1. The minimum atomic E-state index is -0.387. The maximum Gasteiger partial charge on any atom is 0.243 e. The number of hydrogen-bond donors (Lipinski definition) is 1. The Morgan fingerprint density at radius 3 is 2.29 bits per heavy atom. The van der Waals surface area contributed by atoms with Crippen LogP contribution in [0.2, 0.25) is 0 Å². The third-order valence-corrected chi connectivity index (χ3v) is 4.34. The summed E-state index contributed by atoms with van der Waals surface area (Å²) in [5, 5.41) is 3.02. The third kappa shape index (κ3) is 6.34. The monoisotopic (exact) mass is 332 g/mol. The highest BCUT2D eigenvalue weighted by Crippen LogP contribution is 2.12. The number of nitrogens with one attached hydrogen (secondary N) is 1. The lowest BCUT2D eigenvalue weighted by molar-refractivity contribution is -0.141. The molecule has 0 bridgehead atoms. The van der Waals surface area contributed by atoms with Crippen molar-refractivity contribution in [3.8, 4) is 0 Å². The van der Waals surface area contributed by atoms with Gasteiger partial charge >= 0.3 is 0 Å². The molecule has 0 radical (unpaired) electrons. The summed E-state index contributed by atoms with van der Waals surface area (Å²) in [5.74, 6) is 0.0314. The van der Waals surface area contributed by atoms with Crippen LogP contribution in [0.4, 0.5) is 0 Å². The van der Waals surface area contributed by atoms with E-state index in [-0.39, 0.29) is 23.9 Å². The van der Waals surface area contributed by atoms with E-state index in [1.807, 2.05) is 45.9 Å². The molecule has 1 rings (SSSR count). The van der Waals surface area contributed by atoms with E-state index in [1.54, 1.807) is 4.90 Å². The molecule has 4 heteroatoms. The maximum absolute atomic E-state index is 12.6. The van der Waals surface area contributed by atoms with E-state index < -0.39 is 0 Å². The fraction of sp³-hybridized carbons (Fsp3) is 0.600. The largest absolute Gasteiger partial charge is 0.352 e. The molecule has 0 aromatic heterocycles. The first kappa shape index (κ1) is 20.2. The number of benzene rings is 1. The topological polar surface area (TPSA) is 49.4 Å². The van der Waals surface area contributed by atoms with Crippen LogP contribution in [0.3, 0.4) is 0 Å². The Balaban J connectivity index is 2.84. The van der Waals surface area contributed by atoms with Crippen LogP contribution in [0, 0.1) is 0 Å². The van der Waals surface area contributed by atoms with E-state index in [0.717, 1.165) is 19.3 Å². The summed E-state index contributed by atoms with van der Waals surface area (Å²) in [6.45, 7) is 8.58. The number of amides is 2. The predicted octanol–water partition coefficient (Wildman–Crippen LogP) is 3.55. The third-order valence-electron chi connectivity index (χ3n) is 4.34. The van der Waals surface area contributed by atoms with Gasteiger partial charge in [0.15, 0.2) is 0 Å². The molecule has 0 fully saturated rings. The summed E-state index contributed by atoms with van der Waals surface area (Å²) in [4.78, 5) is 26.9. The first-order valence-corrected chi connectivity index (χ1v) is 9.17. The minimum Gasteiger partial charge on any atom is -0.352 e. The molecule has 0 saturated heterocycles. The first-order chi connectivity index (χ1) is 11.5. The van der Waals surface area contributed by atoms with Gasteiger partial charge in [-0.3, -0.25) is 9.59 Å². The lowest BCUT2D eigenvalue weighted by Gasteiger charge is -2.31.